The lowest BCUT2D eigenvalue weighted by Gasteiger charge is -2.26. The van der Waals surface area contributed by atoms with Gasteiger partial charge in [-0.05, 0) is 67.6 Å². The molecule has 0 aliphatic carbocycles. The fourth-order valence-corrected chi connectivity index (χ4v) is 4.54. The van der Waals surface area contributed by atoms with Gasteiger partial charge in [0.15, 0.2) is 0 Å². The molecule has 168 valence electrons. The zero-order valence-corrected chi connectivity index (χ0v) is 19.2. The van der Waals surface area contributed by atoms with Crippen LogP contribution in [0.5, 0.6) is 11.5 Å². The maximum absolute atomic E-state index is 13.5. The maximum Gasteiger partial charge on any atom is 0.264 e. The van der Waals surface area contributed by atoms with E-state index in [0.717, 1.165) is 4.31 Å². The number of ether oxygens (including phenoxy) is 2. The molecule has 0 saturated carbocycles. The molecule has 0 atom stereocenters. The lowest BCUT2D eigenvalue weighted by Crippen LogP contribution is -2.38. The second-order valence-corrected chi connectivity index (χ2v) is 8.94. The summed E-state index contributed by atoms with van der Waals surface area (Å²) < 4.78 is 38.8. The SMILES string of the molecule is CCOc1ccccc1N(CC(=O)Nc1ccc(OC)cc1)S(=O)(=O)c1ccc(Cl)cc1. The third-order valence-corrected chi connectivity index (χ3v) is 6.52. The molecule has 0 radical (unpaired) electrons. The minimum absolute atomic E-state index is 0.00505. The number of nitrogens with one attached hydrogen (secondary N) is 1. The average molecular weight is 475 g/mol. The van der Waals surface area contributed by atoms with Crippen LogP contribution in [0.2, 0.25) is 5.02 Å². The van der Waals surface area contributed by atoms with Crippen molar-refractivity contribution in [1.29, 1.82) is 0 Å². The number of halogens is 1. The molecule has 1 N–H and O–H groups in total. The van der Waals surface area contributed by atoms with Crippen LogP contribution in [0, 0.1) is 0 Å². The molecule has 0 aliphatic rings. The van der Waals surface area contributed by atoms with E-state index in [-0.39, 0.29) is 10.6 Å². The number of benzene rings is 3. The van der Waals surface area contributed by atoms with E-state index >= 15 is 0 Å². The summed E-state index contributed by atoms with van der Waals surface area (Å²) in [7, 11) is -2.55. The van der Waals surface area contributed by atoms with Crippen molar-refractivity contribution in [2.45, 2.75) is 11.8 Å². The number of sulfonamides is 1. The van der Waals surface area contributed by atoms with Crippen LogP contribution in [0.4, 0.5) is 11.4 Å². The summed E-state index contributed by atoms with van der Waals surface area (Å²) in [6.45, 7) is 1.68. The van der Waals surface area contributed by atoms with Crippen LogP contribution in [0.1, 0.15) is 6.92 Å². The Bertz CT molecular complexity index is 1170. The summed E-state index contributed by atoms with van der Waals surface area (Å²) in [4.78, 5) is 12.8. The topological polar surface area (TPSA) is 84.9 Å². The van der Waals surface area contributed by atoms with Gasteiger partial charge in [-0.2, -0.15) is 0 Å². The maximum atomic E-state index is 13.5. The van der Waals surface area contributed by atoms with E-state index in [9.17, 15) is 13.2 Å². The first-order valence-electron chi connectivity index (χ1n) is 9.79. The van der Waals surface area contributed by atoms with Gasteiger partial charge in [-0.25, -0.2) is 8.42 Å². The van der Waals surface area contributed by atoms with Crippen LogP contribution >= 0.6 is 11.6 Å². The number of carbonyl (C=O) groups excluding carboxylic acids is 1. The van der Waals surface area contributed by atoms with Crippen molar-refractivity contribution in [2.24, 2.45) is 0 Å². The first-order valence-corrected chi connectivity index (χ1v) is 11.6. The molecule has 1 amide bonds. The van der Waals surface area contributed by atoms with Crippen molar-refractivity contribution < 1.29 is 22.7 Å². The molecule has 0 aliphatic heterocycles. The summed E-state index contributed by atoms with van der Waals surface area (Å²) in [6.07, 6.45) is 0. The number of hydrogen-bond donors (Lipinski definition) is 1. The Morgan fingerprint density at radius 1 is 1.00 bits per heavy atom. The quantitative estimate of drug-likeness (QED) is 0.490. The molecule has 0 saturated heterocycles. The van der Waals surface area contributed by atoms with Crippen molar-refractivity contribution in [3.8, 4) is 11.5 Å². The number of carbonyl (C=O) groups is 1. The molecule has 3 aromatic carbocycles. The summed E-state index contributed by atoms with van der Waals surface area (Å²) >= 11 is 5.92. The van der Waals surface area contributed by atoms with Crippen LogP contribution in [0.15, 0.2) is 77.7 Å². The Kier molecular flexibility index (Phi) is 7.61. The van der Waals surface area contributed by atoms with Gasteiger partial charge < -0.3 is 14.8 Å². The van der Waals surface area contributed by atoms with Crippen LogP contribution in [-0.2, 0) is 14.8 Å². The summed E-state index contributed by atoms with van der Waals surface area (Å²) in [5.41, 5.74) is 0.770. The number of anilines is 2. The molecule has 32 heavy (non-hydrogen) atoms. The Hall–Kier alpha value is -3.23. The van der Waals surface area contributed by atoms with E-state index in [4.69, 9.17) is 21.1 Å². The van der Waals surface area contributed by atoms with Crippen LogP contribution in [0.25, 0.3) is 0 Å². The zero-order valence-electron chi connectivity index (χ0n) is 17.6. The van der Waals surface area contributed by atoms with Crippen LogP contribution < -0.4 is 19.1 Å². The zero-order chi connectivity index (χ0) is 23.1. The van der Waals surface area contributed by atoms with E-state index in [2.05, 4.69) is 5.32 Å². The summed E-state index contributed by atoms with van der Waals surface area (Å²) in [5, 5.41) is 3.12. The number of hydrogen-bond acceptors (Lipinski definition) is 5. The third-order valence-electron chi connectivity index (χ3n) is 4.50. The first kappa shape index (κ1) is 23.4. The van der Waals surface area contributed by atoms with Gasteiger partial charge in [0.05, 0.1) is 24.3 Å². The first-order chi connectivity index (χ1) is 15.3. The molecular weight excluding hydrogens is 452 g/mol. The van der Waals surface area contributed by atoms with Crippen molar-refractivity contribution in [3.05, 3.63) is 77.8 Å². The largest absolute Gasteiger partial charge is 0.497 e. The molecule has 0 bridgehead atoms. The van der Waals surface area contributed by atoms with Crippen LogP contribution in [0.3, 0.4) is 0 Å². The minimum atomic E-state index is -4.10. The minimum Gasteiger partial charge on any atom is -0.497 e. The highest BCUT2D eigenvalue weighted by atomic mass is 35.5. The van der Waals surface area contributed by atoms with E-state index in [1.165, 1.54) is 24.3 Å². The highest BCUT2D eigenvalue weighted by molar-refractivity contribution is 7.92. The van der Waals surface area contributed by atoms with E-state index < -0.39 is 22.5 Å². The number of para-hydroxylation sites is 2. The fourth-order valence-electron chi connectivity index (χ4n) is 2.98. The summed E-state index contributed by atoms with van der Waals surface area (Å²) in [6, 6.07) is 19.2. The Morgan fingerprint density at radius 2 is 1.66 bits per heavy atom. The van der Waals surface area contributed by atoms with Gasteiger partial charge in [-0.15, -0.1) is 0 Å². The molecule has 0 aromatic heterocycles. The molecule has 0 fully saturated rings. The standard InChI is InChI=1S/C23H23ClN2O5S/c1-3-31-22-7-5-4-6-21(22)26(32(28,29)20-14-8-17(24)9-15-20)16-23(27)25-18-10-12-19(30-2)13-11-18/h4-15H,3,16H2,1-2H3,(H,25,27). The predicted molar refractivity (Wildman–Crippen MR) is 125 cm³/mol. The number of amides is 1. The van der Waals surface area contributed by atoms with Crippen molar-refractivity contribution in [1.82, 2.24) is 0 Å². The normalized spacial score (nSPS) is 11.0. The van der Waals surface area contributed by atoms with Gasteiger partial charge >= 0.3 is 0 Å². The molecule has 0 heterocycles. The van der Waals surface area contributed by atoms with Gasteiger partial charge in [-0.1, -0.05) is 23.7 Å². The van der Waals surface area contributed by atoms with E-state index in [0.29, 0.717) is 28.8 Å². The van der Waals surface area contributed by atoms with Crippen LogP contribution in [-0.4, -0.2) is 34.6 Å². The van der Waals surface area contributed by atoms with Gasteiger partial charge in [0.2, 0.25) is 5.91 Å². The van der Waals surface area contributed by atoms with Gasteiger partial charge in [0.25, 0.3) is 10.0 Å². The molecular formula is C23H23ClN2O5S. The van der Waals surface area contributed by atoms with Gasteiger partial charge in [0, 0.05) is 10.7 Å². The van der Waals surface area contributed by atoms with E-state index in [1.54, 1.807) is 62.6 Å². The molecule has 3 rings (SSSR count). The molecule has 0 spiro atoms. The Labute approximate surface area is 192 Å². The lowest BCUT2D eigenvalue weighted by molar-refractivity contribution is -0.114. The van der Waals surface area contributed by atoms with E-state index in [1.807, 2.05) is 0 Å². The Morgan fingerprint density at radius 3 is 2.28 bits per heavy atom. The predicted octanol–water partition coefficient (Wildman–Crippen LogP) is 4.58. The van der Waals surface area contributed by atoms with Crippen molar-refractivity contribution in [2.75, 3.05) is 29.9 Å². The molecule has 3 aromatic rings. The fraction of sp³-hybridized carbons (Fsp3) is 0.174. The summed E-state index contributed by atoms with van der Waals surface area (Å²) in [5.74, 6) is 0.476. The number of rotatable bonds is 9. The van der Waals surface area contributed by atoms with Crippen molar-refractivity contribution >= 4 is 38.9 Å². The average Bonchev–Trinajstić information content (AvgIpc) is 2.79. The highest BCUT2D eigenvalue weighted by Gasteiger charge is 2.29. The van der Waals surface area contributed by atoms with Crippen molar-refractivity contribution in [3.63, 3.8) is 0 Å². The second-order valence-electron chi connectivity index (χ2n) is 6.64. The second kappa shape index (κ2) is 10.4. The molecule has 0 unspecified atom stereocenters. The number of nitrogens with zero attached hydrogens (tertiary/aromatic N) is 1. The highest BCUT2D eigenvalue weighted by Crippen LogP contribution is 2.33. The molecule has 9 heteroatoms. The monoisotopic (exact) mass is 474 g/mol. The lowest BCUT2D eigenvalue weighted by atomic mass is 10.3. The smallest absolute Gasteiger partial charge is 0.264 e. The van der Waals surface area contributed by atoms with Gasteiger partial charge in [-0.3, -0.25) is 9.10 Å². The Balaban J connectivity index is 1.96. The molecule has 7 nitrogen and oxygen atoms in total. The number of methoxy groups -OCH3 is 1. The van der Waals surface area contributed by atoms with Gasteiger partial charge in [0.1, 0.15) is 18.0 Å². The third kappa shape index (κ3) is 5.52.